The van der Waals surface area contributed by atoms with E-state index < -0.39 is 0 Å². The van der Waals surface area contributed by atoms with Gasteiger partial charge in [0, 0.05) is 12.1 Å². The van der Waals surface area contributed by atoms with Gasteiger partial charge in [-0.15, -0.1) is 0 Å². The average Bonchev–Trinajstić information content (AvgIpc) is 2.05. The zero-order valence-corrected chi connectivity index (χ0v) is 8.68. The maximum Gasteiger partial charge on any atom is 0.00791 e. The van der Waals surface area contributed by atoms with Crippen molar-refractivity contribution in [1.29, 1.82) is 0 Å². The maximum absolute atomic E-state index is 3.68. The number of piperidine rings is 1. The molecular weight excluding hydrogens is 160 g/mol. The van der Waals surface area contributed by atoms with Gasteiger partial charge in [0.25, 0.3) is 0 Å². The predicted molar refractivity (Wildman–Crippen MR) is 55.8 cm³/mol. The maximum atomic E-state index is 3.68. The number of rotatable bonds is 3. The van der Waals surface area contributed by atoms with E-state index in [-0.39, 0.29) is 0 Å². The van der Waals surface area contributed by atoms with Crippen molar-refractivity contribution in [3.63, 3.8) is 0 Å². The van der Waals surface area contributed by atoms with E-state index in [1.807, 2.05) is 0 Å². The van der Waals surface area contributed by atoms with Gasteiger partial charge < -0.3 is 10.6 Å². The van der Waals surface area contributed by atoms with Gasteiger partial charge in [0.2, 0.25) is 0 Å². The van der Waals surface area contributed by atoms with Crippen molar-refractivity contribution >= 4 is 0 Å². The van der Waals surface area contributed by atoms with Crippen molar-refractivity contribution in [1.82, 2.24) is 10.6 Å². The molecule has 1 aliphatic carbocycles. The van der Waals surface area contributed by atoms with Crippen LogP contribution in [-0.2, 0) is 0 Å². The van der Waals surface area contributed by atoms with Crippen LogP contribution in [0.25, 0.3) is 0 Å². The van der Waals surface area contributed by atoms with Gasteiger partial charge in [0.15, 0.2) is 0 Å². The summed E-state index contributed by atoms with van der Waals surface area (Å²) in [5.41, 5.74) is 0. The second-order valence-corrected chi connectivity index (χ2v) is 4.68. The molecule has 2 N–H and O–H groups in total. The van der Waals surface area contributed by atoms with Crippen LogP contribution in [0.4, 0.5) is 0 Å². The quantitative estimate of drug-likeness (QED) is 0.691. The highest BCUT2D eigenvalue weighted by molar-refractivity contribution is 4.83. The van der Waals surface area contributed by atoms with Crippen molar-refractivity contribution in [3.8, 4) is 0 Å². The third-order valence-corrected chi connectivity index (χ3v) is 3.70. The molecule has 2 aliphatic rings. The summed E-state index contributed by atoms with van der Waals surface area (Å²) in [4.78, 5) is 0. The summed E-state index contributed by atoms with van der Waals surface area (Å²) in [5.74, 6) is 0.870. The van der Waals surface area contributed by atoms with Gasteiger partial charge >= 0.3 is 0 Å². The summed E-state index contributed by atoms with van der Waals surface area (Å²) >= 11 is 0. The highest BCUT2D eigenvalue weighted by Crippen LogP contribution is 2.20. The third kappa shape index (κ3) is 2.44. The van der Waals surface area contributed by atoms with Gasteiger partial charge in [-0.1, -0.05) is 6.42 Å². The molecule has 2 rings (SSSR count). The summed E-state index contributed by atoms with van der Waals surface area (Å²) in [6.45, 7) is 4.78. The molecule has 0 amide bonds. The highest BCUT2D eigenvalue weighted by Gasteiger charge is 2.23. The highest BCUT2D eigenvalue weighted by atomic mass is 15.0. The van der Waals surface area contributed by atoms with E-state index in [1.165, 1.54) is 45.2 Å². The molecule has 13 heavy (non-hydrogen) atoms. The lowest BCUT2D eigenvalue weighted by Gasteiger charge is -2.34. The molecule has 0 aromatic heterocycles. The molecule has 0 radical (unpaired) electrons. The molecule has 0 aromatic carbocycles. The van der Waals surface area contributed by atoms with Crippen molar-refractivity contribution in [2.75, 3.05) is 13.1 Å². The fraction of sp³-hybridized carbons (Fsp3) is 1.00. The monoisotopic (exact) mass is 182 g/mol. The predicted octanol–water partition coefficient (Wildman–Crippen LogP) is 1.52. The summed E-state index contributed by atoms with van der Waals surface area (Å²) in [7, 11) is 0. The standard InChI is InChI=1S/C11H22N2/c1-9-10(4-3-7-12-9)8-13-11-5-2-6-11/h9-13H,2-8H2,1H3. The van der Waals surface area contributed by atoms with Crippen LogP contribution < -0.4 is 10.6 Å². The fourth-order valence-electron chi connectivity index (χ4n) is 2.32. The van der Waals surface area contributed by atoms with Gasteiger partial charge in [-0.25, -0.2) is 0 Å². The van der Waals surface area contributed by atoms with E-state index in [0.717, 1.165) is 18.0 Å². The van der Waals surface area contributed by atoms with Crippen LogP contribution in [0, 0.1) is 5.92 Å². The third-order valence-electron chi connectivity index (χ3n) is 3.70. The average molecular weight is 182 g/mol. The Kier molecular flexibility index (Phi) is 3.23. The van der Waals surface area contributed by atoms with Crippen LogP contribution in [0.2, 0.25) is 0 Å². The summed E-state index contributed by atoms with van der Waals surface area (Å²) < 4.78 is 0. The van der Waals surface area contributed by atoms with Gasteiger partial charge in [-0.3, -0.25) is 0 Å². The van der Waals surface area contributed by atoms with Crippen LogP contribution in [-0.4, -0.2) is 25.2 Å². The molecular formula is C11H22N2. The Bertz CT molecular complexity index is 154. The molecule has 1 saturated carbocycles. The lowest BCUT2D eigenvalue weighted by Crippen LogP contribution is -2.46. The van der Waals surface area contributed by atoms with Crippen molar-refractivity contribution in [2.45, 2.75) is 51.1 Å². The van der Waals surface area contributed by atoms with E-state index >= 15 is 0 Å². The number of nitrogens with one attached hydrogen (secondary N) is 2. The fourth-order valence-corrected chi connectivity index (χ4v) is 2.32. The first-order chi connectivity index (χ1) is 6.36. The minimum Gasteiger partial charge on any atom is -0.314 e. The van der Waals surface area contributed by atoms with Gasteiger partial charge in [0.05, 0.1) is 0 Å². The van der Waals surface area contributed by atoms with Gasteiger partial charge in [-0.2, -0.15) is 0 Å². The Hall–Kier alpha value is -0.0800. The molecule has 2 nitrogen and oxygen atoms in total. The molecule has 2 unspecified atom stereocenters. The molecule has 76 valence electrons. The van der Waals surface area contributed by atoms with Crippen LogP contribution in [0.1, 0.15) is 39.0 Å². The SMILES string of the molecule is CC1NCCCC1CNC1CCC1. The van der Waals surface area contributed by atoms with Crippen LogP contribution in [0.5, 0.6) is 0 Å². The zero-order valence-electron chi connectivity index (χ0n) is 8.68. The minimum absolute atomic E-state index is 0.723. The first-order valence-corrected chi connectivity index (χ1v) is 5.83. The molecule has 0 spiro atoms. The lowest BCUT2D eigenvalue weighted by atomic mass is 9.89. The normalized spacial score (nSPS) is 35.8. The topological polar surface area (TPSA) is 24.1 Å². The van der Waals surface area contributed by atoms with Crippen LogP contribution >= 0.6 is 0 Å². The van der Waals surface area contributed by atoms with E-state index in [9.17, 15) is 0 Å². The van der Waals surface area contributed by atoms with Crippen molar-refractivity contribution in [3.05, 3.63) is 0 Å². The molecule has 0 bridgehead atoms. The van der Waals surface area contributed by atoms with E-state index in [0.29, 0.717) is 0 Å². The molecule has 2 heteroatoms. The second-order valence-electron chi connectivity index (χ2n) is 4.68. The Balaban J connectivity index is 1.66. The van der Waals surface area contributed by atoms with Crippen LogP contribution in [0.15, 0.2) is 0 Å². The van der Waals surface area contributed by atoms with Gasteiger partial charge in [-0.05, 0) is 51.6 Å². The summed E-state index contributed by atoms with van der Waals surface area (Å²) in [6, 6.07) is 1.58. The zero-order chi connectivity index (χ0) is 9.10. The molecule has 1 saturated heterocycles. The molecule has 2 atom stereocenters. The largest absolute Gasteiger partial charge is 0.314 e. The Labute approximate surface area is 81.5 Å². The van der Waals surface area contributed by atoms with E-state index in [2.05, 4.69) is 17.6 Å². The Morgan fingerprint density at radius 3 is 2.69 bits per heavy atom. The Morgan fingerprint density at radius 1 is 1.23 bits per heavy atom. The van der Waals surface area contributed by atoms with Crippen LogP contribution in [0.3, 0.4) is 0 Å². The first kappa shape index (κ1) is 9.47. The number of hydrogen-bond donors (Lipinski definition) is 2. The lowest BCUT2D eigenvalue weighted by molar-refractivity contribution is 0.251. The summed E-state index contributed by atoms with van der Waals surface area (Å²) in [5, 5.41) is 7.23. The molecule has 2 fully saturated rings. The first-order valence-electron chi connectivity index (χ1n) is 5.83. The van der Waals surface area contributed by atoms with E-state index in [1.54, 1.807) is 0 Å². The molecule has 1 heterocycles. The molecule has 1 aliphatic heterocycles. The van der Waals surface area contributed by atoms with E-state index in [4.69, 9.17) is 0 Å². The Morgan fingerprint density at radius 2 is 2.08 bits per heavy atom. The summed E-state index contributed by atoms with van der Waals surface area (Å²) in [6.07, 6.45) is 7.04. The smallest absolute Gasteiger partial charge is 0.00791 e. The number of hydrogen-bond acceptors (Lipinski definition) is 2. The minimum atomic E-state index is 0.723. The van der Waals surface area contributed by atoms with Crippen molar-refractivity contribution < 1.29 is 0 Å². The van der Waals surface area contributed by atoms with Gasteiger partial charge in [0.1, 0.15) is 0 Å². The van der Waals surface area contributed by atoms with Crippen molar-refractivity contribution in [2.24, 2.45) is 5.92 Å². The second kappa shape index (κ2) is 4.43. The molecule has 0 aromatic rings.